The fourth-order valence-electron chi connectivity index (χ4n) is 3.66. The van der Waals surface area contributed by atoms with Crippen LogP contribution in [0.4, 0.5) is 0 Å². The molecule has 0 aromatic carbocycles. The highest BCUT2D eigenvalue weighted by Gasteiger charge is 2.28. The van der Waals surface area contributed by atoms with Crippen LogP contribution in [-0.2, 0) is 4.79 Å². The van der Waals surface area contributed by atoms with Crippen LogP contribution >= 0.6 is 12.4 Å². The fourth-order valence-corrected chi connectivity index (χ4v) is 3.66. The Kier molecular flexibility index (Phi) is 8.55. The van der Waals surface area contributed by atoms with Gasteiger partial charge in [0.25, 0.3) is 0 Å². The molecule has 3 nitrogen and oxygen atoms in total. The Morgan fingerprint density at radius 3 is 2.65 bits per heavy atom. The summed E-state index contributed by atoms with van der Waals surface area (Å²) in [5.41, 5.74) is 0. The van der Waals surface area contributed by atoms with Crippen molar-refractivity contribution in [2.45, 2.75) is 58.3 Å². The van der Waals surface area contributed by atoms with Crippen LogP contribution in [0.15, 0.2) is 0 Å². The molecule has 0 aromatic rings. The van der Waals surface area contributed by atoms with Crippen molar-refractivity contribution in [3.63, 3.8) is 0 Å². The third kappa shape index (κ3) is 5.25. The van der Waals surface area contributed by atoms with Gasteiger partial charge in [-0.1, -0.05) is 39.0 Å². The molecule has 0 aromatic heterocycles. The molecule has 1 unspecified atom stereocenters. The van der Waals surface area contributed by atoms with Crippen molar-refractivity contribution in [1.29, 1.82) is 0 Å². The lowest BCUT2D eigenvalue weighted by Crippen LogP contribution is -2.39. The number of carbonyl (C=O) groups is 1. The topological polar surface area (TPSA) is 32.3 Å². The number of carbonyl (C=O) groups excluding carboxylic acids is 1. The van der Waals surface area contributed by atoms with Crippen LogP contribution in [0.2, 0.25) is 0 Å². The molecule has 2 fully saturated rings. The molecule has 1 heterocycles. The zero-order valence-corrected chi connectivity index (χ0v) is 13.7. The van der Waals surface area contributed by atoms with Crippen molar-refractivity contribution >= 4 is 18.3 Å². The molecule has 4 heteroatoms. The second-order valence-corrected chi connectivity index (χ2v) is 6.30. The lowest BCUT2D eigenvalue weighted by molar-refractivity contribution is -0.136. The molecule has 2 rings (SSSR count). The molecule has 2 aliphatic rings. The first-order valence-electron chi connectivity index (χ1n) is 8.30. The summed E-state index contributed by atoms with van der Waals surface area (Å²) in [6.07, 6.45) is 9.94. The maximum absolute atomic E-state index is 12.7. The second-order valence-electron chi connectivity index (χ2n) is 6.30. The third-order valence-electron chi connectivity index (χ3n) is 4.73. The van der Waals surface area contributed by atoms with Gasteiger partial charge in [-0.25, -0.2) is 0 Å². The lowest BCUT2D eigenvalue weighted by atomic mass is 9.89. The van der Waals surface area contributed by atoms with Crippen molar-refractivity contribution in [3.05, 3.63) is 0 Å². The summed E-state index contributed by atoms with van der Waals surface area (Å²) in [7, 11) is 0. The quantitative estimate of drug-likeness (QED) is 0.845. The first-order valence-corrected chi connectivity index (χ1v) is 8.30. The second kappa shape index (κ2) is 9.62. The van der Waals surface area contributed by atoms with E-state index in [1.807, 2.05) is 0 Å². The molecular formula is C16H31ClN2O. The fraction of sp³-hybridized carbons (Fsp3) is 0.938. The number of hydrogen-bond donors (Lipinski definition) is 1. The minimum Gasteiger partial charge on any atom is -0.341 e. The number of amides is 1. The molecule has 0 spiro atoms. The van der Waals surface area contributed by atoms with Crippen LogP contribution in [0.5, 0.6) is 0 Å². The summed E-state index contributed by atoms with van der Waals surface area (Å²) in [5.74, 6) is 1.56. The van der Waals surface area contributed by atoms with Gasteiger partial charge in [-0.2, -0.15) is 0 Å². The maximum atomic E-state index is 12.7. The van der Waals surface area contributed by atoms with Crippen LogP contribution in [0.3, 0.4) is 0 Å². The van der Waals surface area contributed by atoms with Gasteiger partial charge in [0.15, 0.2) is 0 Å². The Morgan fingerprint density at radius 1 is 1.20 bits per heavy atom. The zero-order valence-electron chi connectivity index (χ0n) is 12.9. The molecule has 1 saturated heterocycles. The average molecular weight is 303 g/mol. The largest absolute Gasteiger partial charge is 0.341 e. The predicted molar refractivity (Wildman–Crippen MR) is 86.3 cm³/mol. The van der Waals surface area contributed by atoms with E-state index in [-0.39, 0.29) is 12.4 Å². The van der Waals surface area contributed by atoms with Crippen LogP contribution in [0, 0.1) is 11.8 Å². The Balaban J connectivity index is 0.00000200. The van der Waals surface area contributed by atoms with Gasteiger partial charge >= 0.3 is 0 Å². The monoisotopic (exact) mass is 302 g/mol. The van der Waals surface area contributed by atoms with Crippen molar-refractivity contribution in [1.82, 2.24) is 10.2 Å². The van der Waals surface area contributed by atoms with Gasteiger partial charge in [0.1, 0.15) is 0 Å². The number of nitrogens with one attached hydrogen (secondary N) is 1. The van der Waals surface area contributed by atoms with Crippen LogP contribution in [0.25, 0.3) is 0 Å². The van der Waals surface area contributed by atoms with Crippen molar-refractivity contribution in [2.75, 3.05) is 26.2 Å². The summed E-state index contributed by atoms with van der Waals surface area (Å²) < 4.78 is 0. The molecule has 20 heavy (non-hydrogen) atoms. The molecule has 1 aliphatic heterocycles. The van der Waals surface area contributed by atoms with Gasteiger partial charge in [0.05, 0.1) is 0 Å². The summed E-state index contributed by atoms with van der Waals surface area (Å²) in [4.78, 5) is 14.8. The predicted octanol–water partition coefficient (Wildman–Crippen LogP) is 3.23. The van der Waals surface area contributed by atoms with E-state index in [0.717, 1.165) is 57.8 Å². The molecule has 1 N–H and O–H groups in total. The number of rotatable bonds is 5. The van der Waals surface area contributed by atoms with Crippen LogP contribution in [0.1, 0.15) is 58.3 Å². The number of halogens is 1. The van der Waals surface area contributed by atoms with Gasteiger partial charge in [0.2, 0.25) is 5.91 Å². The Labute approximate surface area is 130 Å². The highest BCUT2D eigenvalue weighted by molar-refractivity contribution is 5.85. The van der Waals surface area contributed by atoms with E-state index < -0.39 is 0 Å². The SMILES string of the molecule is CCCC(CC1CCCC1)C(=O)N1CCCNCC1.Cl. The third-order valence-corrected chi connectivity index (χ3v) is 4.73. The summed E-state index contributed by atoms with van der Waals surface area (Å²) in [6, 6.07) is 0. The molecule has 1 atom stereocenters. The highest BCUT2D eigenvalue weighted by Crippen LogP contribution is 2.32. The normalized spacial score (nSPS) is 22.1. The van der Waals surface area contributed by atoms with Crippen molar-refractivity contribution in [2.24, 2.45) is 11.8 Å². The molecule has 0 radical (unpaired) electrons. The molecule has 0 bridgehead atoms. The minimum absolute atomic E-state index is 0. The van der Waals surface area contributed by atoms with Gasteiger partial charge in [0, 0.05) is 25.6 Å². The zero-order chi connectivity index (χ0) is 13.5. The van der Waals surface area contributed by atoms with Crippen LogP contribution < -0.4 is 5.32 Å². The van der Waals surface area contributed by atoms with Crippen molar-refractivity contribution < 1.29 is 4.79 Å². The van der Waals surface area contributed by atoms with E-state index in [4.69, 9.17) is 0 Å². The molecule has 118 valence electrons. The van der Waals surface area contributed by atoms with E-state index >= 15 is 0 Å². The lowest BCUT2D eigenvalue weighted by Gasteiger charge is -2.27. The standard InChI is InChI=1S/C16H30N2O.ClH/c1-2-6-15(13-14-7-3-4-8-14)16(19)18-11-5-9-17-10-12-18;/h14-15,17H,2-13H2,1H3;1H. The number of nitrogens with zero attached hydrogens (tertiary/aromatic N) is 1. The molecule has 1 saturated carbocycles. The molecule has 1 aliphatic carbocycles. The molecule has 1 amide bonds. The smallest absolute Gasteiger partial charge is 0.225 e. The van der Waals surface area contributed by atoms with Gasteiger partial charge in [-0.15, -0.1) is 12.4 Å². The first kappa shape index (κ1) is 17.8. The van der Waals surface area contributed by atoms with E-state index in [2.05, 4.69) is 17.1 Å². The van der Waals surface area contributed by atoms with E-state index in [1.54, 1.807) is 0 Å². The van der Waals surface area contributed by atoms with Crippen LogP contribution in [-0.4, -0.2) is 37.0 Å². The summed E-state index contributed by atoms with van der Waals surface area (Å²) in [6.45, 7) is 6.10. The summed E-state index contributed by atoms with van der Waals surface area (Å²) >= 11 is 0. The Morgan fingerprint density at radius 2 is 1.95 bits per heavy atom. The Bertz CT molecular complexity index is 272. The first-order chi connectivity index (χ1) is 9.31. The van der Waals surface area contributed by atoms with Crippen molar-refractivity contribution in [3.8, 4) is 0 Å². The van der Waals surface area contributed by atoms with E-state index in [9.17, 15) is 4.79 Å². The minimum atomic E-state index is 0. The molecular weight excluding hydrogens is 272 g/mol. The summed E-state index contributed by atoms with van der Waals surface area (Å²) in [5, 5.41) is 3.38. The van der Waals surface area contributed by atoms with Gasteiger partial charge in [-0.05, 0) is 31.7 Å². The van der Waals surface area contributed by atoms with Gasteiger partial charge in [-0.3, -0.25) is 4.79 Å². The average Bonchev–Trinajstić information content (AvgIpc) is 2.77. The highest BCUT2D eigenvalue weighted by atomic mass is 35.5. The van der Waals surface area contributed by atoms with Gasteiger partial charge < -0.3 is 10.2 Å². The van der Waals surface area contributed by atoms with E-state index in [1.165, 1.54) is 25.7 Å². The Hall–Kier alpha value is -0.280. The van der Waals surface area contributed by atoms with E-state index in [0.29, 0.717) is 11.8 Å². The maximum Gasteiger partial charge on any atom is 0.225 e. The number of hydrogen-bond acceptors (Lipinski definition) is 2.